The molecule has 0 bridgehead atoms. The van der Waals surface area contributed by atoms with Gasteiger partial charge in [-0.15, -0.1) is 0 Å². The lowest BCUT2D eigenvalue weighted by Gasteiger charge is -2.42. The molecule has 0 heterocycles. The van der Waals surface area contributed by atoms with E-state index in [1.165, 1.54) is 16.3 Å². The van der Waals surface area contributed by atoms with Crippen molar-refractivity contribution in [2.24, 2.45) is 0 Å². The number of fused-ring (bicyclic) bond motifs is 1. The van der Waals surface area contributed by atoms with E-state index in [0.717, 1.165) is 31.2 Å². The van der Waals surface area contributed by atoms with Crippen molar-refractivity contribution in [3.8, 4) is 6.07 Å². The molecule has 1 aliphatic rings. The Labute approximate surface area is 203 Å². The first-order valence-corrected chi connectivity index (χ1v) is 12.3. The fraction of sp³-hybridized carbons (Fsp3) is 0.400. The Kier molecular flexibility index (Phi) is 6.93. The van der Waals surface area contributed by atoms with E-state index in [9.17, 15) is 10.1 Å². The summed E-state index contributed by atoms with van der Waals surface area (Å²) in [6, 6.07) is 24.8. The van der Waals surface area contributed by atoms with Crippen LogP contribution in [0.5, 0.6) is 0 Å². The second-order valence-corrected chi connectivity index (χ2v) is 10.4. The van der Waals surface area contributed by atoms with Gasteiger partial charge in [0.1, 0.15) is 5.60 Å². The number of carbonyl (C=O) groups is 1. The molecule has 1 unspecified atom stereocenters. The Balaban J connectivity index is 1.69. The van der Waals surface area contributed by atoms with Crippen molar-refractivity contribution < 1.29 is 9.53 Å². The summed E-state index contributed by atoms with van der Waals surface area (Å²) in [6.07, 6.45) is 3.65. The predicted molar refractivity (Wildman–Crippen MR) is 137 cm³/mol. The molecule has 0 aliphatic heterocycles. The van der Waals surface area contributed by atoms with Gasteiger partial charge in [0, 0.05) is 6.04 Å². The lowest BCUT2D eigenvalue weighted by Crippen LogP contribution is -2.46. The molecule has 3 aromatic carbocycles. The fourth-order valence-electron chi connectivity index (χ4n) is 5.28. The van der Waals surface area contributed by atoms with Gasteiger partial charge in [0.15, 0.2) is 0 Å². The number of nitrogens with zero attached hydrogens (tertiary/aromatic N) is 2. The Hall–Kier alpha value is -3.32. The normalized spacial score (nSPS) is 19.3. The van der Waals surface area contributed by atoms with Gasteiger partial charge in [0.2, 0.25) is 0 Å². The molecule has 34 heavy (non-hydrogen) atoms. The number of benzene rings is 3. The van der Waals surface area contributed by atoms with Gasteiger partial charge >= 0.3 is 6.09 Å². The molecule has 4 nitrogen and oxygen atoms in total. The monoisotopic (exact) mass is 454 g/mol. The molecule has 0 N–H and O–H groups in total. The Bertz CT molecular complexity index is 1200. The van der Waals surface area contributed by atoms with Crippen molar-refractivity contribution in [2.45, 2.75) is 77.0 Å². The molecule has 0 spiro atoms. The molecule has 1 saturated carbocycles. The summed E-state index contributed by atoms with van der Waals surface area (Å²) >= 11 is 0. The molecule has 1 aliphatic carbocycles. The summed E-state index contributed by atoms with van der Waals surface area (Å²) in [7, 11) is 0. The van der Waals surface area contributed by atoms with Crippen molar-refractivity contribution in [3.63, 3.8) is 0 Å². The first-order chi connectivity index (χ1) is 16.3. The fourth-order valence-corrected chi connectivity index (χ4v) is 5.28. The number of amides is 1. The molecule has 0 aromatic heterocycles. The van der Waals surface area contributed by atoms with E-state index in [-0.39, 0.29) is 18.2 Å². The van der Waals surface area contributed by atoms with E-state index in [2.05, 4.69) is 55.5 Å². The first-order valence-electron chi connectivity index (χ1n) is 12.3. The Morgan fingerprint density at radius 1 is 1.06 bits per heavy atom. The van der Waals surface area contributed by atoms with Crippen LogP contribution in [0.2, 0.25) is 0 Å². The van der Waals surface area contributed by atoms with Gasteiger partial charge in [-0.1, -0.05) is 61.0 Å². The zero-order valence-corrected chi connectivity index (χ0v) is 20.6. The lowest BCUT2D eigenvalue weighted by molar-refractivity contribution is 0.000756. The van der Waals surface area contributed by atoms with Gasteiger partial charge < -0.3 is 4.74 Å². The van der Waals surface area contributed by atoms with Crippen LogP contribution in [-0.4, -0.2) is 22.6 Å². The van der Waals surface area contributed by atoms with Crippen molar-refractivity contribution in [1.82, 2.24) is 4.90 Å². The summed E-state index contributed by atoms with van der Waals surface area (Å²) < 4.78 is 5.93. The van der Waals surface area contributed by atoms with Gasteiger partial charge in [-0.2, -0.15) is 5.26 Å². The van der Waals surface area contributed by atoms with Crippen LogP contribution in [-0.2, 0) is 4.74 Å². The highest BCUT2D eigenvalue weighted by Gasteiger charge is 2.36. The summed E-state index contributed by atoms with van der Waals surface area (Å²) in [6.45, 7) is 7.87. The average Bonchev–Trinajstić information content (AvgIpc) is 2.83. The van der Waals surface area contributed by atoms with Crippen molar-refractivity contribution in [3.05, 3.63) is 83.4 Å². The van der Waals surface area contributed by atoms with Gasteiger partial charge in [0.25, 0.3) is 0 Å². The van der Waals surface area contributed by atoms with Crippen LogP contribution in [0.15, 0.2) is 66.7 Å². The maximum absolute atomic E-state index is 13.6. The van der Waals surface area contributed by atoms with E-state index >= 15 is 0 Å². The Morgan fingerprint density at radius 3 is 2.56 bits per heavy atom. The molecule has 0 saturated heterocycles. The third-order valence-corrected chi connectivity index (χ3v) is 6.82. The van der Waals surface area contributed by atoms with Crippen LogP contribution in [0.1, 0.15) is 82.0 Å². The van der Waals surface area contributed by atoms with Crippen LogP contribution in [0, 0.1) is 11.3 Å². The summed E-state index contributed by atoms with van der Waals surface area (Å²) in [5.74, 6) is 0.316. The second-order valence-electron chi connectivity index (χ2n) is 10.4. The number of hydrogen-bond donors (Lipinski definition) is 0. The minimum atomic E-state index is -0.566. The molecule has 1 amide bonds. The zero-order valence-electron chi connectivity index (χ0n) is 20.6. The highest BCUT2D eigenvalue weighted by atomic mass is 16.6. The number of ether oxygens (including phenoxy) is 1. The van der Waals surface area contributed by atoms with Gasteiger partial charge in [-0.05, 0) is 86.9 Å². The second kappa shape index (κ2) is 9.89. The number of hydrogen-bond acceptors (Lipinski definition) is 3. The van der Waals surface area contributed by atoms with E-state index in [1.807, 2.05) is 49.9 Å². The topological polar surface area (TPSA) is 53.3 Å². The van der Waals surface area contributed by atoms with Crippen LogP contribution in [0.4, 0.5) is 4.79 Å². The van der Waals surface area contributed by atoms with E-state index in [0.29, 0.717) is 11.5 Å². The van der Waals surface area contributed by atoms with E-state index in [4.69, 9.17) is 4.74 Å². The van der Waals surface area contributed by atoms with Gasteiger partial charge in [-0.3, -0.25) is 4.90 Å². The smallest absolute Gasteiger partial charge is 0.411 e. The van der Waals surface area contributed by atoms with Crippen LogP contribution in [0.3, 0.4) is 0 Å². The van der Waals surface area contributed by atoms with Crippen LogP contribution >= 0.6 is 0 Å². The molecular formula is C30H34N2O2. The Morgan fingerprint density at radius 2 is 1.79 bits per heavy atom. The minimum absolute atomic E-state index is 0.0633. The first kappa shape index (κ1) is 23.8. The molecule has 1 fully saturated rings. The van der Waals surface area contributed by atoms with Crippen LogP contribution in [0.25, 0.3) is 10.8 Å². The number of carbonyl (C=O) groups excluding carboxylic acids is 1. The van der Waals surface area contributed by atoms with Crippen molar-refractivity contribution in [1.29, 1.82) is 5.26 Å². The van der Waals surface area contributed by atoms with Crippen molar-refractivity contribution >= 4 is 16.9 Å². The number of rotatable bonds is 4. The molecule has 4 heteroatoms. The van der Waals surface area contributed by atoms with Gasteiger partial charge in [-0.25, -0.2) is 4.79 Å². The highest BCUT2D eigenvalue weighted by molar-refractivity contribution is 5.86. The van der Waals surface area contributed by atoms with E-state index < -0.39 is 5.60 Å². The molecule has 3 aromatic rings. The molecule has 176 valence electrons. The van der Waals surface area contributed by atoms with Gasteiger partial charge in [0.05, 0.1) is 17.7 Å². The summed E-state index contributed by atoms with van der Waals surface area (Å²) in [4.78, 5) is 15.6. The summed E-state index contributed by atoms with van der Waals surface area (Å²) in [5, 5.41) is 11.7. The maximum Gasteiger partial charge on any atom is 0.411 e. The maximum atomic E-state index is 13.6. The number of nitriles is 1. The summed E-state index contributed by atoms with van der Waals surface area (Å²) in [5.41, 5.74) is 2.44. The zero-order chi connectivity index (χ0) is 24.3. The molecule has 4 rings (SSSR count). The predicted octanol–water partition coefficient (Wildman–Crippen LogP) is 7.74. The molecular weight excluding hydrogens is 420 g/mol. The minimum Gasteiger partial charge on any atom is -0.444 e. The third kappa shape index (κ3) is 5.25. The SMILES string of the molecule is CC(c1cccc2ccccc12)N(C(=O)OC(C)(C)C)[C@@H]1CCC[C@@H](c2cccc(C#N)c2)C1. The van der Waals surface area contributed by atoms with Crippen molar-refractivity contribution in [2.75, 3.05) is 0 Å². The third-order valence-electron chi connectivity index (χ3n) is 6.82. The lowest BCUT2D eigenvalue weighted by atomic mass is 9.80. The standard InChI is InChI=1S/C30H34N2O2/c1-21(27-17-9-12-23-11-5-6-16-28(23)27)32(29(33)34-30(2,3)4)26-15-8-14-25(19-26)24-13-7-10-22(18-24)20-31/h5-7,9-13,16-18,21,25-26H,8,14-15,19H2,1-4H3/t21?,25-,26-/m1/s1. The quantitative estimate of drug-likeness (QED) is 0.405. The molecule has 0 radical (unpaired) electrons. The molecule has 3 atom stereocenters. The van der Waals surface area contributed by atoms with Crippen LogP contribution < -0.4 is 0 Å². The largest absolute Gasteiger partial charge is 0.444 e. The van der Waals surface area contributed by atoms with E-state index in [1.54, 1.807) is 0 Å². The average molecular weight is 455 g/mol. The highest BCUT2D eigenvalue weighted by Crippen LogP contribution is 2.39.